The molecule has 3 aliphatic carbocycles. The van der Waals surface area contributed by atoms with E-state index in [9.17, 15) is 0 Å². The van der Waals surface area contributed by atoms with E-state index in [1.807, 2.05) is 0 Å². The minimum atomic E-state index is -0.986. The largest absolute Gasteiger partial charge is 0.371 e. The molecule has 0 nitrogen and oxygen atoms in total. The van der Waals surface area contributed by atoms with Crippen LogP contribution in [0, 0.1) is 5.92 Å². The molecular weight excluding hydrogens is 354 g/mol. The summed E-state index contributed by atoms with van der Waals surface area (Å²) in [6.45, 7) is 4.75. The van der Waals surface area contributed by atoms with Gasteiger partial charge in [0.1, 0.15) is 0 Å². The SMILES string of the molecule is CC(C)C1=CCB([P+](C2CCCCC2)(C2CCCCC2)C2CCCCC2)C=C1. The van der Waals surface area contributed by atoms with Crippen LogP contribution in [0.3, 0.4) is 0 Å². The Hall–Kier alpha value is -0.0251. The molecule has 0 bridgehead atoms. The topological polar surface area (TPSA) is 0 Å². The second-order valence-corrected chi connectivity index (χ2v) is 15.4. The van der Waals surface area contributed by atoms with Gasteiger partial charge in [-0.3, -0.25) is 0 Å². The Kier molecular flexibility index (Phi) is 7.47. The average molecular weight is 399 g/mol. The Morgan fingerprint density at radius 3 is 1.46 bits per heavy atom. The van der Waals surface area contributed by atoms with Crippen molar-refractivity contribution in [3.63, 3.8) is 0 Å². The third-order valence-electron chi connectivity index (χ3n) is 8.97. The first-order chi connectivity index (χ1) is 13.7. The Morgan fingerprint density at radius 1 is 0.714 bits per heavy atom. The van der Waals surface area contributed by atoms with Crippen LogP contribution >= 0.6 is 7.14 Å². The van der Waals surface area contributed by atoms with Crippen molar-refractivity contribution in [3.05, 3.63) is 23.7 Å². The van der Waals surface area contributed by atoms with E-state index in [4.69, 9.17) is 0 Å². The second-order valence-electron chi connectivity index (χ2n) is 10.8. The molecule has 1 heterocycles. The highest BCUT2D eigenvalue weighted by Crippen LogP contribution is 2.79. The average Bonchev–Trinajstić information content (AvgIpc) is 2.77. The van der Waals surface area contributed by atoms with Gasteiger partial charge >= 0.3 is 6.43 Å². The summed E-state index contributed by atoms with van der Waals surface area (Å²) in [6, 6.07) is 0. The maximum Gasteiger partial charge on any atom is 0.371 e. The fraction of sp³-hybridized carbons (Fsp3) is 0.846. The van der Waals surface area contributed by atoms with Crippen LogP contribution in [0.4, 0.5) is 0 Å². The van der Waals surface area contributed by atoms with Crippen LogP contribution in [0.1, 0.15) is 110 Å². The summed E-state index contributed by atoms with van der Waals surface area (Å²) in [7, 11) is -0.986. The highest BCUT2D eigenvalue weighted by atomic mass is 31.2. The predicted molar refractivity (Wildman–Crippen MR) is 130 cm³/mol. The summed E-state index contributed by atoms with van der Waals surface area (Å²) >= 11 is 0. The smallest absolute Gasteiger partial charge is 0.0839 e. The zero-order valence-corrected chi connectivity index (χ0v) is 19.8. The third kappa shape index (κ3) is 4.22. The summed E-state index contributed by atoms with van der Waals surface area (Å²) in [4.78, 5) is 0. The molecule has 2 heteroatoms. The summed E-state index contributed by atoms with van der Waals surface area (Å²) < 4.78 is 0. The van der Waals surface area contributed by atoms with E-state index in [0.29, 0.717) is 5.92 Å². The van der Waals surface area contributed by atoms with Gasteiger partial charge in [-0.05, 0) is 96.4 Å². The molecule has 0 atom stereocenters. The van der Waals surface area contributed by atoms with E-state index >= 15 is 0 Å². The number of allylic oxidation sites excluding steroid dienone is 3. The van der Waals surface area contributed by atoms with Gasteiger partial charge in [-0.15, -0.1) is 0 Å². The molecular formula is C26H45BP+. The van der Waals surface area contributed by atoms with Crippen LogP contribution < -0.4 is 0 Å². The van der Waals surface area contributed by atoms with Crippen LogP contribution in [-0.2, 0) is 0 Å². The van der Waals surface area contributed by atoms with Crippen LogP contribution in [0.2, 0.25) is 6.32 Å². The minimum absolute atomic E-state index is 0.698. The Balaban J connectivity index is 1.72. The molecule has 0 spiro atoms. The molecule has 156 valence electrons. The van der Waals surface area contributed by atoms with Crippen molar-refractivity contribution in [2.75, 3.05) is 0 Å². The first-order valence-corrected chi connectivity index (χ1v) is 15.1. The van der Waals surface area contributed by atoms with E-state index < -0.39 is 7.14 Å². The van der Waals surface area contributed by atoms with E-state index in [1.165, 1.54) is 64.1 Å². The van der Waals surface area contributed by atoms with Gasteiger partial charge in [-0.2, -0.15) is 0 Å². The molecule has 0 aromatic carbocycles. The maximum absolute atomic E-state index is 2.79. The monoisotopic (exact) mass is 399 g/mol. The number of rotatable bonds is 5. The fourth-order valence-corrected chi connectivity index (χ4v) is 15.7. The summed E-state index contributed by atoms with van der Waals surface area (Å²) in [5, 5.41) is 0. The first-order valence-electron chi connectivity index (χ1n) is 13.0. The van der Waals surface area contributed by atoms with Crippen LogP contribution in [0.25, 0.3) is 0 Å². The second kappa shape index (κ2) is 9.85. The maximum atomic E-state index is 2.79. The highest BCUT2D eigenvalue weighted by molar-refractivity contribution is 8.06. The van der Waals surface area contributed by atoms with Crippen molar-refractivity contribution >= 4 is 13.6 Å². The zero-order chi connectivity index (χ0) is 19.4. The normalized spacial score (nSPS) is 26.7. The molecule has 3 saturated carbocycles. The molecule has 0 saturated heterocycles. The van der Waals surface area contributed by atoms with Crippen molar-refractivity contribution in [1.29, 1.82) is 0 Å². The minimum Gasteiger partial charge on any atom is -0.0839 e. The van der Waals surface area contributed by atoms with Crippen molar-refractivity contribution in [2.24, 2.45) is 5.92 Å². The summed E-state index contributed by atoms with van der Waals surface area (Å²) in [6.07, 6.45) is 30.9. The standard InChI is InChI=1S/C26H45BP/c1-22(2)23-18-20-27(21-19-23)28(24-12-6-3-7-13-24,25-14-8-4-9-15-25)26-16-10-5-11-17-26/h18-20,22,24-26H,3-17,21H2,1-2H3/q+1. The van der Waals surface area contributed by atoms with Crippen LogP contribution in [-0.4, -0.2) is 23.4 Å². The molecule has 0 radical (unpaired) electrons. The fourth-order valence-electron chi connectivity index (χ4n) is 7.68. The molecule has 4 rings (SSSR count). The van der Waals surface area contributed by atoms with Crippen molar-refractivity contribution in [3.8, 4) is 0 Å². The van der Waals surface area contributed by atoms with E-state index in [0.717, 1.165) is 23.4 Å². The Labute approximate surface area is 176 Å². The molecule has 4 aliphatic rings. The van der Waals surface area contributed by atoms with Gasteiger partial charge in [0.25, 0.3) is 0 Å². The van der Waals surface area contributed by atoms with Gasteiger partial charge < -0.3 is 0 Å². The number of hydrogen-bond acceptors (Lipinski definition) is 0. The molecule has 0 aromatic heterocycles. The Bertz CT molecular complexity index is 499. The summed E-state index contributed by atoms with van der Waals surface area (Å²) in [5.41, 5.74) is 4.98. The summed E-state index contributed by atoms with van der Waals surface area (Å²) in [5.74, 6) is 3.49. The lowest BCUT2D eigenvalue weighted by Gasteiger charge is -2.52. The third-order valence-corrected chi connectivity index (χ3v) is 15.8. The van der Waals surface area contributed by atoms with E-state index in [1.54, 1.807) is 44.1 Å². The van der Waals surface area contributed by atoms with Crippen LogP contribution in [0.5, 0.6) is 0 Å². The van der Waals surface area contributed by atoms with Gasteiger partial charge in [0.05, 0.1) is 17.0 Å². The molecule has 0 unspecified atom stereocenters. The molecule has 0 N–H and O–H groups in total. The van der Waals surface area contributed by atoms with Crippen molar-refractivity contribution in [2.45, 2.75) is 133 Å². The van der Waals surface area contributed by atoms with Gasteiger partial charge in [-0.25, -0.2) is 0 Å². The Morgan fingerprint density at radius 2 is 1.14 bits per heavy atom. The lowest BCUT2D eigenvalue weighted by atomic mass is 9.67. The van der Waals surface area contributed by atoms with Gasteiger partial charge in [0.2, 0.25) is 0 Å². The molecule has 1 aliphatic heterocycles. The van der Waals surface area contributed by atoms with Crippen molar-refractivity contribution in [1.82, 2.24) is 0 Å². The lowest BCUT2D eigenvalue weighted by Crippen LogP contribution is -2.43. The highest BCUT2D eigenvalue weighted by Gasteiger charge is 2.62. The van der Waals surface area contributed by atoms with Gasteiger partial charge in [-0.1, -0.05) is 56.8 Å². The van der Waals surface area contributed by atoms with E-state index in [-0.39, 0.29) is 0 Å². The number of hydrogen-bond donors (Lipinski definition) is 0. The quantitative estimate of drug-likeness (QED) is 0.320. The zero-order valence-electron chi connectivity index (χ0n) is 18.9. The van der Waals surface area contributed by atoms with Crippen molar-refractivity contribution < 1.29 is 0 Å². The molecule has 0 aromatic rings. The molecule has 0 amide bonds. The molecule has 3 fully saturated rings. The first kappa shape index (κ1) is 21.2. The van der Waals surface area contributed by atoms with Crippen LogP contribution in [0.15, 0.2) is 23.7 Å². The van der Waals surface area contributed by atoms with E-state index in [2.05, 4.69) is 32.0 Å². The van der Waals surface area contributed by atoms with Gasteiger partial charge in [0.15, 0.2) is 0 Å². The molecule has 28 heavy (non-hydrogen) atoms. The van der Waals surface area contributed by atoms with Gasteiger partial charge in [0, 0.05) is 0 Å². The lowest BCUT2D eigenvalue weighted by molar-refractivity contribution is 0.456. The predicted octanol–water partition coefficient (Wildman–Crippen LogP) is 8.69.